The summed E-state index contributed by atoms with van der Waals surface area (Å²) in [4.78, 5) is 0. The van der Waals surface area contributed by atoms with E-state index in [9.17, 15) is 0 Å². The Bertz CT molecular complexity index is 205. The molecule has 0 aliphatic heterocycles. The third kappa shape index (κ3) is 3.61. The van der Waals surface area contributed by atoms with Gasteiger partial charge in [0.25, 0.3) is 0 Å². The van der Waals surface area contributed by atoms with Crippen LogP contribution >= 0.6 is 0 Å². The van der Waals surface area contributed by atoms with E-state index in [1.807, 2.05) is 12.1 Å². The van der Waals surface area contributed by atoms with Gasteiger partial charge >= 0.3 is 0 Å². The SMILES string of the molecule is CCC(CO)CNCc1ccco1. The van der Waals surface area contributed by atoms with Crippen LogP contribution < -0.4 is 5.32 Å². The van der Waals surface area contributed by atoms with Crippen molar-refractivity contribution in [2.24, 2.45) is 5.92 Å². The zero-order valence-electron chi connectivity index (χ0n) is 7.99. The van der Waals surface area contributed by atoms with Crippen molar-refractivity contribution in [1.82, 2.24) is 5.32 Å². The molecule has 0 aliphatic rings. The molecule has 74 valence electrons. The topological polar surface area (TPSA) is 45.4 Å². The van der Waals surface area contributed by atoms with E-state index in [0.717, 1.165) is 25.3 Å². The van der Waals surface area contributed by atoms with E-state index in [-0.39, 0.29) is 6.61 Å². The molecule has 1 aromatic heterocycles. The van der Waals surface area contributed by atoms with Crippen LogP contribution in [-0.4, -0.2) is 18.3 Å². The van der Waals surface area contributed by atoms with E-state index >= 15 is 0 Å². The zero-order valence-corrected chi connectivity index (χ0v) is 7.99. The molecule has 3 heteroatoms. The molecule has 1 aromatic rings. The minimum atomic E-state index is 0.252. The predicted octanol–water partition coefficient (Wildman–Crippen LogP) is 1.39. The second-order valence-corrected chi connectivity index (χ2v) is 3.17. The highest BCUT2D eigenvalue weighted by molar-refractivity contribution is 4.97. The highest BCUT2D eigenvalue weighted by atomic mass is 16.3. The lowest BCUT2D eigenvalue weighted by atomic mass is 10.1. The molecule has 0 radical (unpaired) electrons. The molecule has 0 bridgehead atoms. The minimum absolute atomic E-state index is 0.252. The fourth-order valence-electron chi connectivity index (χ4n) is 1.15. The molecular formula is C10H17NO2. The number of rotatable bonds is 6. The van der Waals surface area contributed by atoms with Crippen LogP contribution in [0.4, 0.5) is 0 Å². The molecule has 0 fully saturated rings. The van der Waals surface area contributed by atoms with Crippen LogP contribution in [0.2, 0.25) is 0 Å². The molecule has 0 amide bonds. The van der Waals surface area contributed by atoms with E-state index in [1.54, 1.807) is 6.26 Å². The predicted molar refractivity (Wildman–Crippen MR) is 51.3 cm³/mol. The maximum atomic E-state index is 8.92. The third-order valence-electron chi connectivity index (χ3n) is 2.15. The van der Waals surface area contributed by atoms with E-state index in [1.165, 1.54) is 0 Å². The molecule has 1 heterocycles. The molecule has 1 unspecified atom stereocenters. The molecule has 0 saturated heterocycles. The average Bonchev–Trinajstić information content (AvgIpc) is 2.65. The lowest BCUT2D eigenvalue weighted by molar-refractivity contribution is 0.218. The van der Waals surface area contributed by atoms with E-state index in [4.69, 9.17) is 9.52 Å². The summed E-state index contributed by atoms with van der Waals surface area (Å²) in [7, 11) is 0. The van der Waals surface area contributed by atoms with Crippen molar-refractivity contribution < 1.29 is 9.52 Å². The molecule has 3 nitrogen and oxygen atoms in total. The summed E-state index contributed by atoms with van der Waals surface area (Å²) in [5.74, 6) is 1.29. The lowest BCUT2D eigenvalue weighted by Gasteiger charge is -2.11. The third-order valence-corrected chi connectivity index (χ3v) is 2.15. The number of aliphatic hydroxyl groups is 1. The summed E-state index contributed by atoms with van der Waals surface area (Å²) in [5, 5.41) is 12.2. The first kappa shape index (κ1) is 10.3. The summed E-state index contributed by atoms with van der Waals surface area (Å²) in [6.45, 7) is 3.91. The summed E-state index contributed by atoms with van der Waals surface area (Å²) in [5.41, 5.74) is 0. The maximum absolute atomic E-state index is 8.92. The molecule has 0 aromatic carbocycles. The number of aliphatic hydroxyl groups excluding tert-OH is 1. The standard InChI is InChI=1S/C10H17NO2/c1-2-9(8-12)6-11-7-10-4-3-5-13-10/h3-5,9,11-12H,2,6-8H2,1H3. The van der Waals surface area contributed by atoms with E-state index < -0.39 is 0 Å². The van der Waals surface area contributed by atoms with Crippen molar-refractivity contribution in [2.45, 2.75) is 19.9 Å². The van der Waals surface area contributed by atoms with Crippen LogP contribution in [0, 0.1) is 5.92 Å². The highest BCUT2D eigenvalue weighted by Crippen LogP contribution is 2.01. The number of hydrogen-bond acceptors (Lipinski definition) is 3. The van der Waals surface area contributed by atoms with Gasteiger partial charge in [0.2, 0.25) is 0 Å². The van der Waals surface area contributed by atoms with Crippen LogP contribution in [0.5, 0.6) is 0 Å². The first-order valence-electron chi connectivity index (χ1n) is 4.70. The summed E-state index contributed by atoms with van der Waals surface area (Å²) < 4.78 is 5.16. The fraction of sp³-hybridized carbons (Fsp3) is 0.600. The van der Waals surface area contributed by atoms with Crippen molar-refractivity contribution >= 4 is 0 Å². The van der Waals surface area contributed by atoms with Crippen LogP contribution in [0.3, 0.4) is 0 Å². The van der Waals surface area contributed by atoms with Crippen LogP contribution in [0.25, 0.3) is 0 Å². The number of hydrogen-bond donors (Lipinski definition) is 2. The normalized spacial score (nSPS) is 13.1. The van der Waals surface area contributed by atoms with Crippen molar-refractivity contribution in [2.75, 3.05) is 13.2 Å². The molecule has 0 saturated carbocycles. The van der Waals surface area contributed by atoms with Crippen molar-refractivity contribution in [3.8, 4) is 0 Å². The van der Waals surface area contributed by atoms with Gasteiger partial charge in [0.1, 0.15) is 5.76 Å². The fourth-order valence-corrected chi connectivity index (χ4v) is 1.15. The maximum Gasteiger partial charge on any atom is 0.117 e. The molecule has 1 rings (SSSR count). The Morgan fingerprint density at radius 3 is 3.00 bits per heavy atom. The smallest absolute Gasteiger partial charge is 0.117 e. The van der Waals surface area contributed by atoms with Gasteiger partial charge in [-0.1, -0.05) is 6.92 Å². The van der Waals surface area contributed by atoms with Gasteiger partial charge in [0, 0.05) is 13.2 Å². The van der Waals surface area contributed by atoms with Crippen LogP contribution in [-0.2, 0) is 6.54 Å². The summed E-state index contributed by atoms with van der Waals surface area (Å²) in [6.07, 6.45) is 2.67. The quantitative estimate of drug-likeness (QED) is 0.700. The van der Waals surface area contributed by atoms with Gasteiger partial charge in [0.15, 0.2) is 0 Å². The first-order chi connectivity index (χ1) is 6.36. The van der Waals surface area contributed by atoms with Gasteiger partial charge in [-0.2, -0.15) is 0 Å². The van der Waals surface area contributed by atoms with E-state index in [2.05, 4.69) is 12.2 Å². The molecule has 2 N–H and O–H groups in total. The van der Waals surface area contributed by atoms with Gasteiger partial charge in [-0.15, -0.1) is 0 Å². The Hall–Kier alpha value is -0.800. The van der Waals surface area contributed by atoms with Gasteiger partial charge < -0.3 is 14.8 Å². The molecule has 13 heavy (non-hydrogen) atoms. The zero-order chi connectivity index (χ0) is 9.52. The Morgan fingerprint density at radius 2 is 2.46 bits per heavy atom. The number of furan rings is 1. The Balaban J connectivity index is 2.13. The molecule has 1 atom stereocenters. The van der Waals surface area contributed by atoms with Gasteiger partial charge in [-0.05, 0) is 24.5 Å². The molecule has 0 aliphatic carbocycles. The van der Waals surface area contributed by atoms with Gasteiger partial charge in [-0.25, -0.2) is 0 Å². The van der Waals surface area contributed by atoms with Crippen molar-refractivity contribution in [1.29, 1.82) is 0 Å². The highest BCUT2D eigenvalue weighted by Gasteiger charge is 2.03. The van der Waals surface area contributed by atoms with E-state index in [0.29, 0.717) is 5.92 Å². The Labute approximate surface area is 78.8 Å². The van der Waals surface area contributed by atoms with Crippen molar-refractivity contribution in [3.05, 3.63) is 24.2 Å². The average molecular weight is 183 g/mol. The van der Waals surface area contributed by atoms with Gasteiger partial charge in [-0.3, -0.25) is 0 Å². The lowest BCUT2D eigenvalue weighted by Crippen LogP contribution is -2.24. The second-order valence-electron chi connectivity index (χ2n) is 3.17. The Kier molecular flexibility index (Phi) is 4.57. The Morgan fingerprint density at radius 1 is 1.62 bits per heavy atom. The largest absolute Gasteiger partial charge is 0.468 e. The molecular weight excluding hydrogens is 166 g/mol. The van der Waals surface area contributed by atoms with Gasteiger partial charge in [0.05, 0.1) is 12.8 Å². The minimum Gasteiger partial charge on any atom is -0.468 e. The second kappa shape index (κ2) is 5.78. The van der Waals surface area contributed by atoms with Crippen LogP contribution in [0.1, 0.15) is 19.1 Å². The summed E-state index contributed by atoms with van der Waals surface area (Å²) >= 11 is 0. The number of nitrogens with one attached hydrogen (secondary N) is 1. The van der Waals surface area contributed by atoms with Crippen molar-refractivity contribution in [3.63, 3.8) is 0 Å². The first-order valence-corrected chi connectivity index (χ1v) is 4.70. The molecule has 0 spiro atoms. The summed E-state index contributed by atoms with van der Waals surface area (Å²) in [6, 6.07) is 3.81. The van der Waals surface area contributed by atoms with Crippen LogP contribution in [0.15, 0.2) is 22.8 Å². The monoisotopic (exact) mass is 183 g/mol.